The minimum atomic E-state index is 0.469. The number of nitrogens with zero attached hydrogens (tertiary/aromatic N) is 1. The fourth-order valence-electron chi connectivity index (χ4n) is 2.28. The van der Waals surface area contributed by atoms with Gasteiger partial charge in [0.2, 0.25) is 0 Å². The Morgan fingerprint density at radius 2 is 1.95 bits per heavy atom. The summed E-state index contributed by atoms with van der Waals surface area (Å²) in [5.74, 6) is 0. The molecule has 0 aliphatic rings. The Hall–Kier alpha value is -1.12. The third-order valence-electron chi connectivity index (χ3n) is 3.51. The van der Waals surface area contributed by atoms with Crippen molar-refractivity contribution in [3.8, 4) is 0 Å². The van der Waals surface area contributed by atoms with E-state index in [1.54, 1.807) is 0 Å². The Morgan fingerprint density at radius 1 is 1.21 bits per heavy atom. The third-order valence-corrected chi connectivity index (χ3v) is 3.51. The zero-order valence-corrected chi connectivity index (χ0v) is 12.4. The van der Waals surface area contributed by atoms with E-state index in [4.69, 9.17) is 5.73 Å². The smallest absolute Gasteiger partial charge is 0.0252 e. The van der Waals surface area contributed by atoms with Crippen molar-refractivity contribution in [3.05, 3.63) is 42.0 Å². The van der Waals surface area contributed by atoms with Crippen LogP contribution in [0.5, 0.6) is 0 Å². The molecule has 2 heteroatoms. The van der Waals surface area contributed by atoms with Crippen molar-refractivity contribution in [2.24, 2.45) is 5.73 Å². The molecule has 0 aromatic heterocycles. The van der Waals surface area contributed by atoms with Crippen molar-refractivity contribution in [1.82, 2.24) is 4.90 Å². The highest BCUT2D eigenvalue weighted by Gasteiger charge is 2.12. The molecule has 0 amide bonds. The second-order valence-electron chi connectivity index (χ2n) is 4.92. The van der Waals surface area contributed by atoms with Crippen LogP contribution in [0.15, 0.2) is 36.4 Å². The van der Waals surface area contributed by atoms with Gasteiger partial charge in [0.15, 0.2) is 0 Å². The highest BCUT2D eigenvalue weighted by molar-refractivity contribution is 5.48. The summed E-state index contributed by atoms with van der Waals surface area (Å²) in [7, 11) is 0. The quantitative estimate of drug-likeness (QED) is 0.736. The van der Waals surface area contributed by atoms with Gasteiger partial charge in [0.25, 0.3) is 0 Å². The third kappa shape index (κ3) is 6.04. The number of unbranched alkanes of at least 4 members (excludes halogenated alkanes) is 1. The largest absolute Gasteiger partial charge is 0.329 e. The fraction of sp³-hybridized carbons (Fsp3) is 0.529. The van der Waals surface area contributed by atoms with Crippen LogP contribution in [-0.2, 0) is 0 Å². The second-order valence-corrected chi connectivity index (χ2v) is 4.92. The molecule has 1 unspecified atom stereocenters. The second kappa shape index (κ2) is 9.76. The van der Waals surface area contributed by atoms with Crippen LogP contribution in [0.1, 0.15) is 38.7 Å². The summed E-state index contributed by atoms with van der Waals surface area (Å²) in [4.78, 5) is 2.50. The molecule has 0 bridgehead atoms. The van der Waals surface area contributed by atoms with E-state index in [-0.39, 0.29) is 0 Å². The van der Waals surface area contributed by atoms with Gasteiger partial charge in [0.05, 0.1) is 0 Å². The van der Waals surface area contributed by atoms with Crippen molar-refractivity contribution in [2.45, 2.75) is 39.2 Å². The average Bonchev–Trinajstić information content (AvgIpc) is 2.47. The van der Waals surface area contributed by atoms with Crippen LogP contribution in [0.25, 0.3) is 6.08 Å². The first-order valence-electron chi connectivity index (χ1n) is 7.47. The van der Waals surface area contributed by atoms with Crippen molar-refractivity contribution >= 4 is 6.08 Å². The van der Waals surface area contributed by atoms with Crippen LogP contribution >= 0.6 is 0 Å². The molecular weight excluding hydrogens is 232 g/mol. The molecular formula is C17H28N2. The zero-order valence-electron chi connectivity index (χ0n) is 12.4. The minimum absolute atomic E-state index is 0.469. The van der Waals surface area contributed by atoms with Crippen molar-refractivity contribution in [1.29, 1.82) is 0 Å². The molecule has 0 heterocycles. The Labute approximate surface area is 118 Å². The molecule has 2 nitrogen and oxygen atoms in total. The molecule has 2 N–H and O–H groups in total. The molecule has 1 aromatic rings. The van der Waals surface area contributed by atoms with Crippen LogP contribution in [0.3, 0.4) is 0 Å². The molecule has 106 valence electrons. The SMILES string of the molecule is CCCCN(CC)C(CN)C/C=C\c1ccccc1. The normalized spacial score (nSPS) is 13.3. The van der Waals surface area contributed by atoms with Gasteiger partial charge in [-0.3, -0.25) is 4.90 Å². The lowest BCUT2D eigenvalue weighted by atomic mass is 10.1. The summed E-state index contributed by atoms with van der Waals surface area (Å²) in [6.45, 7) is 7.44. The summed E-state index contributed by atoms with van der Waals surface area (Å²) >= 11 is 0. The van der Waals surface area contributed by atoms with E-state index in [2.05, 4.69) is 55.2 Å². The molecule has 19 heavy (non-hydrogen) atoms. The van der Waals surface area contributed by atoms with E-state index in [0.29, 0.717) is 6.04 Å². The molecule has 1 rings (SSSR count). The number of benzene rings is 1. The molecule has 1 atom stereocenters. The monoisotopic (exact) mass is 260 g/mol. The Bertz CT molecular complexity index is 346. The maximum absolute atomic E-state index is 5.92. The van der Waals surface area contributed by atoms with E-state index in [9.17, 15) is 0 Å². The van der Waals surface area contributed by atoms with Gasteiger partial charge in [0, 0.05) is 12.6 Å². The number of nitrogens with two attached hydrogens (primary N) is 1. The molecule has 0 saturated carbocycles. The average molecular weight is 260 g/mol. The van der Waals surface area contributed by atoms with Crippen molar-refractivity contribution < 1.29 is 0 Å². The van der Waals surface area contributed by atoms with Crippen LogP contribution in [-0.4, -0.2) is 30.6 Å². The molecule has 0 radical (unpaired) electrons. The maximum Gasteiger partial charge on any atom is 0.0252 e. The first-order chi connectivity index (χ1) is 9.31. The lowest BCUT2D eigenvalue weighted by Crippen LogP contribution is -2.40. The van der Waals surface area contributed by atoms with E-state index in [1.807, 2.05) is 6.07 Å². The van der Waals surface area contributed by atoms with Crippen LogP contribution < -0.4 is 5.73 Å². The van der Waals surface area contributed by atoms with Crippen molar-refractivity contribution in [2.75, 3.05) is 19.6 Å². The minimum Gasteiger partial charge on any atom is -0.329 e. The molecule has 0 aliphatic heterocycles. The lowest BCUT2D eigenvalue weighted by molar-refractivity contribution is 0.208. The molecule has 1 aromatic carbocycles. The van der Waals surface area contributed by atoms with E-state index < -0.39 is 0 Å². The predicted molar refractivity (Wildman–Crippen MR) is 85.1 cm³/mol. The van der Waals surface area contributed by atoms with E-state index in [0.717, 1.165) is 26.1 Å². The topological polar surface area (TPSA) is 29.3 Å². The van der Waals surface area contributed by atoms with Crippen LogP contribution in [0.4, 0.5) is 0 Å². The number of likely N-dealkylation sites (N-methyl/N-ethyl adjacent to an activating group) is 1. The molecule has 0 aliphatic carbocycles. The summed E-state index contributed by atoms with van der Waals surface area (Å²) in [5, 5.41) is 0. The summed E-state index contributed by atoms with van der Waals surface area (Å²) in [6, 6.07) is 10.9. The fourth-order valence-corrected chi connectivity index (χ4v) is 2.28. The molecule has 0 saturated heterocycles. The van der Waals surface area contributed by atoms with Gasteiger partial charge in [-0.05, 0) is 31.5 Å². The standard InChI is InChI=1S/C17H28N2/c1-3-5-14-19(4-2)17(15-18)13-9-12-16-10-7-6-8-11-16/h6-12,17H,3-5,13-15,18H2,1-2H3/b12-9-. The van der Waals surface area contributed by atoms with Gasteiger partial charge in [-0.1, -0.05) is 62.8 Å². The van der Waals surface area contributed by atoms with Crippen LogP contribution in [0, 0.1) is 0 Å². The first kappa shape index (κ1) is 15.9. The zero-order chi connectivity index (χ0) is 13.9. The highest BCUT2D eigenvalue weighted by Crippen LogP contribution is 2.08. The summed E-state index contributed by atoms with van der Waals surface area (Å²) < 4.78 is 0. The van der Waals surface area contributed by atoms with E-state index >= 15 is 0 Å². The van der Waals surface area contributed by atoms with Gasteiger partial charge in [-0.15, -0.1) is 0 Å². The van der Waals surface area contributed by atoms with Gasteiger partial charge < -0.3 is 5.73 Å². The van der Waals surface area contributed by atoms with Crippen LogP contribution in [0.2, 0.25) is 0 Å². The Balaban J connectivity index is 2.49. The number of hydrogen-bond acceptors (Lipinski definition) is 2. The summed E-state index contributed by atoms with van der Waals surface area (Å²) in [5.41, 5.74) is 7.18. The highest BCUT2D eigenvalue weighted by atomic mass is 15.2. The maximum atomic E-state index is 5.92. The predicted octanol–water partition coefficient (Wildman–Crippen LogP) is 3.54. The van der Waals surface area contributed by atoms with Gasteiger partial charge in [-0.2, -0.15) is 0 Å². The Kier molecular flexibility index (Phi) is 8.19. The Morgan fingerprint density at radius 3 is 2.53 bits per heavy atom. The van der Waals surface area contributed by atoms with Gasteiger partial charge in [-0.25, -0.2) is 0 Å². The number of hydrogen-bond donors (Lipinski definition) is 1. The van der Waals surface area contributed by atoms with Gasteiger partial charge in [0.1, 0.15) is 0 Å². The van der Waals surface area contributed by atoms with Gasteiger partial charge >= 0.3 is 0 Å². The first-order valence-corrected chi connectivity index (χ1v) is 7.47. The van der Waals surface area contributed by atoms with E-state index in [1.165, 1.54) is 18.4 Å². The molecule has 0 spiro atoms. The molecule has 0 fully saturated rings. The summed E-state index contributed by atoms with van der Waals surface area (Å²) in [6.07, 6.45) is 7.97. The number of rotatable bonds is 9. The lowest BCUT2D eigenvalue weighted by Gasteiger charge is -2.29. The van der Waals surface area contributed by atoms with Crippen molar-refractivity contribution in [3.63, 3.8) is 0 Å².